The fourth-order valence-corrected chi connectivity index (χ4v) is 4.27. The smallest absolute Gasteiger partial charge is 0.475 e. The maximum atomic E-state index is 12.5. The first-order valence-corrected chi connectivity index (χ1v) is 11.0. The van der Waals surface area contributed by atoms with Crippen LogP contribution in [0.3, 0.4) is 0 Å². The molecule has 1 aromatic rings. The van der Waals surface area contributed by atoms with Gasteiger partial charge in [-0.15, -0.1) is 11.3 Å². The van der Waals surface area contributed by atoms with Gasteiger partial charge in [-0.1, -0.05) is 0 Å². The number of likely N-dealkylation sites (tertiary alicyclic amines) is 2. The molecular weight excluding hydrogens is 496 g/mol. The molecule has 3 aliphatic rings. The Morgan fingerprint density at radius 1 is 1.06 bits per heavy atom. The fourth-order valence-electron chi connectivity index (χ4n) is 3.67. The van der Waals surface area contributed by atoms with Crippen molar-refractivity contribution in [3.05, 3.63) is 16.1 Å². The Kier molecular flexibility index (Phi) is 8.91. The lowest BCUT2D eigenvalue weighted by Gasteiger charge is -2.20. The number of alkyl halides is 6. The normalized spacial score (nSPS) is 22.4. The van der Waals surface area contributed by atoms with Gasteiger partial charge < -0.3 is 20.0 Å². The number of aromatic nitrogens is 1. The quantitative estimate of drug-likeness (QED) is 0.589. The first-order valence-electron chi connectivity index (χ1n) is 10.1. The number of rotatable bonds is 4. The minimum absolute atomic E-state index is 0.258. The molecule has 1 aliphatic carbocycles. The van der Waals surface area contributed by atoms with Gasteiger partial charge >= 0.3 is 24.3 Å². The highest BCUT2D eigenvalue weighted by atomic mass is 32.1. The number of hydrogen-bond donors (Lipinski definition) is 2. The van der Waals surface area contributed by atoms with E-state index in [1.807, 2.05) is 11.8 Å². The number of amides is 1. The van der Waals surface area contributed by atoms with Crippen LogP contribution in [0.5, 0.6) is 0 Å². The number of fused-ring (bicyclic) bond motifs is 1. The highest BCUT2D eigenvalue weighted by Gasteiger charge is 2.46. The molecule has 0 spiro atoms. The summed E-state index contributed by atoms with van der Waals surface area (Å²) in [6.07, 6.45) is -7.37. The van der Waals surface area contributed by atoms with Crippen molar-refractivity contribution in [3.8, 4) is 0 Å². The molecule has 3 fully saturated rings. The van der Waals surface area contributed by atoms with Crippen LogP contribution in [0.25, 0.3) is 0 Å². The Morgan fingerprint density at radius 2 is 1.59 bits per heavy atom. The van der Waals surface area contributed by atoms with Crippen molar-refractivity contribution in [2.24, 2.45) is 17.8 Å². The standard InChI is InChI=1S/C15H21N3OS.2C2HF3O2/c1-10-16-13(9-20-10)7-18-6-12-5-17(4-11-2-3-11)8-14(12)15(18)19;2*3-2(4,5)1(6)7/h9,11-12,14H,2-8H2,1H3;2*(H,6,7)/t12-,14-;;/m0../s1. The minimum atomic E-state index is -5.08. The molecule has 0 unspecified atom stereocenters. The van der Waals surface area contributed by atoms with E-state index < -0.39 is 24.3 Å². The number of carbonyl (C=O) groups is 3. The van der Waals surface area contributed by atoms with E-state index in [0.29, 0.717) is 18.4 Å². The van der Waals surface area contributed by atoms with Gasteiger partial charge in [0, 0.05) is 37.5 Å². The van der Waals surface area contributed by atoms with Crippen molar-refractivity contribution < 1.29 is 50.9 Å². The van der Waals surface area contributed by atoms with E-state index in [9.17, 15) is 31.1 Å². The minimum Gasteiger partial charge on any atom is -0.475 e. The van der Waals surface area contributed by atoms with Crippen LogP contribution in [0, 0.1) is 24.7 Å². The van der Waals surface area contributed by atoms with Crippen LogP contribution in [0.15, 0.2) is 5.38 Å². The number of halogens is 6. The topological polar surface area (TPSA) is 111 Å². The van der Waals surface area contributed by atoms with Crippen molar-refractivity contribution in [2.75, 3.05) is 26.2 Å². The number of aliphatic carboxylic acids is 2. The predicted octanol–water partition coefficient (Wildman–Crippen LogP) is 3.02. The molecule has 34 heavy (non-hydrogen) atoms. The van der Waals surface area contributed by atoms with Crippen LogP contribution in [0.2, 0.25) is 0 Å². The Labute approximate surface area is 194 Å². The van der Waals surface area contributed by atoms with Gasteiger partial charge in [0.05, 0.1) is 23.2 Å². The summed E-state index contributed by atoms with van der Waals surface area (Å²) in [4.78, 5) is 39.3. The number of nitrogens with zero attached hydrogens (tertiary/aromatic N) is 3. The van der Waals surface area contributed by atoms with Crippen molar-refractivity contribution in [1.82, 2.24) is 14.8 Å². The summed E-state index contributed by atoms with van der Waals surface area (Å²) in [6.45, 7) is 7.00. The Hall–Kier alpha value is -2.42. The molecule has 2 N–H and O–H groups in total. The molecule has 2 saturated heterocycles. The third-order valence-electron chi connectivity index (χ3n) is 5.32. The summed E-state index contributed by atoms with van der Waals surface area (Å²) in [6, 6.07) is 0. The number of aryl methyl sites for hydroxylation is 1. The number of carboxylic acids is 2. The first-order chi connectivity index (χ1) is 15.6. The lowest BCUT2D eigenvalue weighted by Crippen LogP contribution is -2.33. The van der Waals surface area contributed by atoms with E-state index in [1.165, 1.54) is 19.4 Å². The van der Waals surface area contributed by atoms with Crippen LogP contribution in [0.1, 0.15) is 23.5 Å². The molecule has 3 heterocycles. The predicted molar refractivity (Wildman–Crippen MR) is 106 cm³/mol. The molecule has 0 aromatic carbocycles. The maximum absolute atomic E-state index is 12.5. The number of carboxylic acid groups (broad SMARTS) is 2. The summed E-state index contributed by atoms with van der Waals surface area (Å²) in [7, 11) is 0. The largest absolute Gasteiger partial charge is 0.490 e. The molecule has 1 aromatic heterocycles. The molecular formula is C19H23F6N3O5S. The van der Waals surface area contributed by atoms with E-state index in [1.54, 1.807) is 11.3 Å². The van der Waals surface area contributed by atoms with Crippen LogP contribution in [-0.2, 0) is 20.9 Å². The molecule has 0 bridgehead atoms. The summed E-state index contributed by atoms with van der Waals surface area (Å²) in [5, 5.41) is 17.4. The zero-order valence-corrected chi connectivity index (χ0v) is 18.7. The van der Waals surface area contributed by atoms with Gasteiger partial charge in [-0.2, -0.15) is 26.3 Å². The Bertz CT molecular complexity index is 863. The lowest BCUT2D eigenvalue weighted by molar-refractivity contribution is -0.193. The molecule has 15 heteroatoms. The molecule has 2 aliphatic heterocycles. The van der Waals surface area contributed by atoms with E-state index in [0.717, 1.165) is 36.3 Å². The van der Waals surface area contributed by atoms with Crippen molar-refractivity contribution >= 4 is 29.2 Å². The number of carbonyl (C=O) groups excluding carboxylic acids is 1. The van der Waals surface area contributed by atoms with Gasteiger partial charge in [-0.25, -0.2) is 14.6 Å². The van der Waals surface area contributed by atoms with Gasteiger partial charge in [-0.3, -0.25) is 4.79 Å². The van der Waals surface area contributed by atoms with Gasteiger partial charge in [0.25, 0.3) is 0 Å². The first kappa shape index (κ1) is 27.8. The SMILES string of the molecule is Cc1nc(CN2C[C@@H]3CN(CC4CC4)C[C@@H]3C2=O)cs1.O=C(O)C(F)(F)F.O=C(O)C(F)(F)F. The summed E-state index contributed by atoms with van der Waals surface area (Å²) in [5.74, 6) is -3.41. The highest BCUT2D eigenvalue weighted by Crippen LogP contribution is 2.36. The fraction of sp³-hybridized carbons (Fsp3) is 0.684. The highest BCUT2D eigenvalue weighted by molar-refractivity contribution is 7.09. The molecule has 2 atom stereocenters. The molecule has 4 rings (SSSR count). The van der Waals surface area contributed by atoms with Crippen molar-refractivity contribution in [1.29, 1.82) is 0 Å². The summed E-state index contributed by atoms with van der Waals surface area (Å²) < 4.78 is 63.5. The van der Waals surface area contributed by atoms with Crippen LogP contribution >= 0.6 is 11.3 Å². The van der Waals surface area contributed by atoms with Crippen molar-refractivity contribution in [2.45, 2.75) is 38.7 Å². The van der Waals surface area contributed by atoms with E-state index >= 15 is 0 Å². The van der Waals surface area contributed by atoms with E-state index in [-0.39, 0.29) is 5.92 Å². The molecule has 0 radical (unpaired) electrons. The molecule has 1 saturated carbocycles. The van der Waals surface area contributed by atoms with Crippen LogP contribution in [-0.4, -0.2) is 81.4 Å². The zero-order chi connectivity index (χ0) is 25.8. The second-order valence-corrected chi connectivity index (χ2v) is 9.27. The van der Waals surface area contributed by atoms with Gasteiger partial charge in [0.1, 0.15) is 0 Å². The van der Waals surface area contributed by atoms with Crippen molar-refractivity contribution in [3.63, 3.8) is 0 Å². The lowest BCUT2D eigenvalue weighted by atomic mass is 10.0. The third-order valence-corrected chi connectivity index (χ3v) is 6.14. The van der Waals surface area contributed by atoms with Gasteiger partial charge in [0.15, 0.2) is 0 Å². The van der Waals surface area contributed by atoms with Crippen LogP contribution in [0.4, 0.5) is 26.3 Å². The van der Waals surface area contributed by atoms with E-state index in [4.69, 9.17) is 19.8 Å². The summed E-state index contributed by atoms with van der Waals surface area (Å²) in [5.41, 5.74) is 1.05. The second-order valence-electron chi connectivity index (χ2n) is 8.21. The monoisotopic (exact) mass is 519 g/mol. The average Bonchev–Trinajstić information content (AvgIpc) is 3.16. The molecule has 192 valence electrons. The van der Waals surface area contributed by atoms with Gasteiger partial charge in [-0.05, 0) is 25.7 Å². The van der Waals surface area contributed by atoms with Crippen LogP contribution < -0.4 is 0 Å². The molecule has 1 amide bonds. The number of thiazole rings is 1. The van der Waals surface area contributed by atoms with Gasteiger partial charge in [0.2, 0.25) is 5.91 Å². The Morgan fingerprint density at radius 3 is 1.97 bits per heavy atom. The summed E-state index contributed by atoms with van der Waals surface area (Å²) >= 11 is 1.67. The second kappa shape index (κ2) is 10.9. The zero-order valence-electron chi connectivity index (χ0n) is 17.9. The number of hydrogen-bond acceptors (Lipinski definition) is 6. The van der Waals surface area contributed by atoms with E-state index in [2.05, 4.69) is 15.3 Å². The molecule has 8 nitrogen and oxygen atoms in total. The Balaban J connectivity index is 0.000000244. The third kappa shape index (κ3) is 8.42. The average molecular weight is 519 g/mol. The maximum Gasteiger partial charge on any atom is 0.490 e.